The van der Waals surface area contributed by atoms with Crippen LogP contribution >= 0.6 is 0 Å². The zero-order valence-corrected chi connectivity index (χ0v) is 11.9. The zero-order valence-electron chi connectivity index (χ0n) is 11.9. The Morgan fingerprint density at radius 3 is 3.05 bits per heavy atom. The molecular weight excluding hydrogens is 259 g/mol. The summed E-state index contributed by atoms with van der Waals surface area (Å²) in [7, 11) is 1.43. The number of ether oxygens (including phenoxy) is 1. The Balaban J connectivity index is 2.01. The lowest BCUT2D eigenvalue weighted by Gasteiger charge is -2.29. The molecule has 1 fully saturated rings. The standard InChI is InChI=1S/C15H21FN2O2/c1-10-6-7-17-8-11(10)9-18-15(19)14-12(16)4-3-5-13(14)20-2/h3-5,10-11,17H,6-9H2,1-2H3,(H,18,19). The molecule has 1 aliphatic rings. The van der Waals surface area contributed by atoms with E-state index >= 15 is 0 Å². The topological polar surface area (TPSA) is 50.4 Å². The van der Waals surface area contributed by atoms with Crippen LogP contribution in [0.3, 0.4) is 0 Å². The van der Waals surface area contributed by atoms with Crippen LogP contribution < -0.4 is 15.4 Å². The van der Waals surface area contributed by atoms with E-state index in [1.54, 1.807) is 6.07 Å². The zero-order chi connectivity index (χ0) is 14.5. The molecule has 1 aliphatic heterocycles. The molecule has 0 spiro atoms. The summed E-state index contributed by atoms with van der Waals surface area (Å²) in [5.74, 6) is 0.219. The first kappa shape index (κ1) is 14.8. The highest BCUT2D eigenvalue weighted by Crippen LogP contribution is 2.22. The molecule has 0 bridgehead atoms. The highest BCUT2D eigenvalue weighted by molar-refractivity contribution is 5.97. The van der Waals surface area contributed by atoms with Crippen LogP contribution in [-0.4, -0.2) is 32.7 Å². The van der Waals surface area contributed by atoms with Crippen LogP contribution in [0.2, 0.25) is 0 Å². The van der Waals surface area contributed by atoms with E-state index in [9.17, 15) is 9.18 Å². The van der Waals surface area contributed by atoms with Crippen molar-refractivity contribution < 1.29 is 13.9 Å². The van der Waals surface area contributed by atoms with Gasteiger partial charge in [-0.15, -0.1) is 0 Å². The summed E-state index contributed by atoms with van der Waals surface area (Å²) in [6.07, 6.45) is 1.10. The molecule has 20 heavy (non-hydrogen) atoms. The second kappa shape index (κ2) is 6.70. The van der Waals surface area contributed by atoms with Gasteiger partial charge in [-0.25, -0.2) is 4.39 Å². The van der Waals surface area contributed by atoms with Crippen molar-refractivity contribution in [3.8, 4) is 5.75 Å². The van der Waals surface area contributed by atoms with Crippen molar-refractivity contribution in [3.63, 3.8) is 0 Å². The average molecular weight is 280 g/mol. The number of hydrogen-bond donors (Lipinski definition) is 2. The fourth-order valence-corrected chi connectivity index (χ4v) is 2.53. The third-order valence-corrected chi connectivity index (χ3v) is 3.93. The fraction of sp³-hybridized carbons (Fsp3) is 0.533. The molecule has 1 saturated heterocycles. The van der Waals surface area contributed by atoms with Crippen LogP contribution in [0.25, 0.3) is 0 Å². The normalized spacial score (nSPS) is 22.4. The van der Waals surface area contributed by atoms with Crippen LogP contribution in [0.1, 0.15) is 23.7 Å². The highest BCUT2D eigenvalue weighted by atomic mass is 19.1. The summed E-state index contributed by atoms with van der Waals surface area (Å²) >= 11 is 0. The number of piperidine rings is 1. The number of nitrogens with one attached hydrogen (secondary N) is 2. The molecular formula is C15H21FN2O2. The Morgan fingerprint density at radius 2 is 2.35 bits per heavy atom. The maximum absolute atomic E-state index is 13.8. The monoisotopic (exact) mass is 280 g/mol. The molecule has 2 rings (SSSR count). The number of rotatable bonds is 4. The lowest BCUT2D eigenvalue weighted by atomic mass is 9.88. The van der Waals surface area contributed by atoms with Crippen molar-refractivity contribution in [2.45, 2.75) is 13.3 Å². The van der Waals surface area contributed by atoms with Crippen molar-refractivity contribution in [1.82, 2.24) is 10.6 Å². The van der Waals surface area contributed by atoms with Gasteiger partial charge in [0.05, 0.1) is 7.11 Å². The largest absolute Gasteiger partial charge is 0.496 e. The van der Waals surface area contributed by atoms with Gasteiger partial charge < -0.3 is 15.4 Å². The fourth-order valence-electron chi connectivity index (χ4n) is 2.53. The second-order valence-corrected chi connectivity index (χ2v) is 5.26. The molecule has 0 radical (unpaired) electrons. The molecule has 4 nitrogen and oxygen atoms in total. The van der Waals surface area contributed by atoms with Crippen LogP contribution in [0, 0.1) is 17.7 Å². The van der Waals surface area contributed by atoms with E-state index in [1.807, 2.05) is 0 Å². The molecule has 0 aromatic heterocycles. The van der Waals surface area contributed by atoms with Gasteiger partial charge in [0.2, 0.25) is 0 Å². The van der Waals surface area contributed by atoms with Crippen molar-refractivity contribution in [1.29, 1.82) is 0 Å². The first-order chi connectivity index (χ1) is 9.63. The summed E-state index contributed by atoms with van der Waals surface area (Å²) < 4.78 is 18.8. The third kappa shape index (κ3) is 3.28. The molecule has 0 aliphatic carbocycles. The van der Waals surface area contributed by atoms with Gasteiger partial charge in [0.1, 0.15) is 17.1 Å². The molecule has 110 valence electrons. The van der Waals surface area contributed by atoms with Crippen LogP contribution in [0.15, 0.2) is 18.2 Å². The van der Waals surface area contributed by atoms with Gasteiger partial charge >= 0.3 is 0 Å². The van der Waals surface area contributed by atoms with Crippen molar-refractivity contribution in [2.24, 2.45) is 11.8 Å². The molecule has 1 heterocycles. The number of benzene rings is 1. The summed E-state index contributed by atoms with van der Waals surface area (Å²) in [4.78, 5) is 12.1. The van der Waals surface area contributed by atoms with Crippen molar-refractivity contribution in [2.75, 3.05) is 26.7 Å². The van der Waals surface area contributed by atoms with E-state index < -0.39 is 11.7 Å². The quantitative estimate of drug-likeness (QED) is 0.884. The minimum atomic E-state index is -0.559. The number of methoxy groups -OCH3 is 1. The molecule has 1 amide bonds. The third-order valence-electron chi connectivity index (χ3n) is 3.93. The minimum absolute atomic E-state index is 0.0218. The van der Waals surface area contributed by atoms with E-state index in [0.717, 1.165) is 19.5 Å². The van der Waals surface area contributed by atoms with E-state index in [-0.39, 0.29) is 11.3 Å². The van der Waals surface area contributed by atoms with Crippen LogP contribution in [0.5, 0.6) is 5.75 Å². The Bertz CT molecular complexity index is 479. The molecule has 5 heteroatoms. The highest BCUT2D eigenvalue weighted by Gasteiger charge is 2.23. The number of carbonyl (C=O) groups excluding carboxylic acids is 1. The number of amides is 1. The van der Waals surface area contributed by atoms with Gasteiger partial charge in [0, 0.05) is 6.54 Å². The van der Waals surface area contributed by atoms with Crippen LogP contribution in [0.4, 0.5) is 4.39 Å². The van der Waals surface area contributed by atoms with E-state index in [2.05, 4.69) is 17.6 Å². The van der Waals surface area contributed by atoms with Gasteiger partial charge in [-0.3, -0.25) is 4.79 Å². The van der Waals surface area contributed by atoms with Gasteiger partial charge in [0.25, 0.3) is 5.91 Å². The summed E-state index contributed by atoms with van der Waals surface area (Å²) in [5, 5.41) is 6.13. The van der Waals surface area contributed by atoms with Crippen molar-refractivity contribution >= 4 is 5.91 Å². The molecule has 2 N–H and O–H groups in total. The van der Waals surface area contributed by atoms with Gasteiger partial charge in [-0.2, -0.15) is 0 Å². The average Bonchev–Trinajstić information content (AvgIpc) is 2.45. The van der Waals surface area contributed by atoms with E-state index in [4.69, 9.17) is 4.74 Å². The SMILES string of the molecule is COc1cccc(F)c1C(=O)NCC1CNCCC1C. The summed E-state index contributed by atoms with van der Waals surface area (Å²) in [5.41, 5.74) is -0.0218. The molecule has 2 atom stereocenters. The van der Waals surface area contributed by atoms with Gasteiger partial charge in [0.15, 0.2) is 0 Å². The lowest BCUT2D eigenvalue weighted by Crippen LogP contribution is -2.42. The predicted molar refractivity (Wildman–Crippen MR) is 75.4 cm³/mol. The first-order valence-corrected chi connectivity index (χ1v) is 6.95. The molecule has 1 aromatic rings. The Kier molecular flexibility index (Phi) is 4.95. The summed E-state index contributed by atoms with van der Waals surface area (Å²) in [6, 6.07) is 4.38. The maximum Gasteiger partial charge on any atom is 0.258 e. The molecule has 1 aromatic carbocycles. The molecule has 0 saturated carbocycles. The smallest absolute Gasteiger partial charge is 0.258 e. The second-order valence-electron chi connectivity index (χ2n) is 5.26. The number of carbonyl (C=O) groups is 1. The van der Waals surface area contributed by atoms with Gasteiger partial charge in [-0.1, -0.05) is 13.0 Å². The number of halogens is 1. The Morgan fingerprint density at radius 1 is 1.55 bits per heavy atom. The first-order valence-electron chi connectivity index (χ1n) is 6.95. The van der Waals surface area contributed by atoms with E-state index in [1.165, 1.54) is 19.2 Å². The Labute approximate surface area is 118 Å². The lowest BCUT2D eigenvalue weighted by molar-refractivity contribution is 0.0931. The van der Waals surface area contributed by atoms with Crippen LogP contribution in [-0.2, 0) is 0 Å². The number of hydrogen-bond acceptors (Lipinski definition) is 3. The maximum atomic E-state index is 13.8. The Hall–Kier alpha value is -1.62. The predicted octanol–water partition coefficient (Wildman–Crippen LogP) is 1.81. The van der Waals surface area contributed by atoms with Gasteiger partial charge in [-0.05, 0) is 43.5 Å². The van der Waals surface area contributed by atoms with Crippen molar-refractivity contribution in [3.05, 3.63) is 29.6 Å². The minimum Gasteiger partial charge on any atom is -0.496 e. The van der Waals surface area contributed by atoms with E-state index in [0.29, 0.717) is 18.4 Å². The molecule has 2 unspecified atom stereocenters. The summed E-state index contributed by atoms with van der Waals surface area (Å²) in [6.45, 7) is 4.63.